The first-order valence-electron chi connectivity index (χ1n) is 3.51. The molecule has 0 aliphatic rings. The third-order valence-electron chi connectivity index (χ3n) is 1.75. The van der Waals surface area contributed by atoms with Gasteiger partial charge in [-0.3, -0.25) is 5.26 Å². The van der Waals surface area contributed by atoms with Crippen LogP contribution in [0.15, 0.2) is 0 Å². The lowest BCUT2D eigenvalue weighted by Crippen LogP contribution is -2.25. The van der Waals surface area contributed by atoms with E-state index >= 15 is 0 Å². The highest BCUT2D eigenvalue weighted by Gasteiger charge is 2.20. The zero-order valence-electron chi connectivity index (χ0n) is 6.48. The summed E-state index contributed by atoms with van der Waals surface area (Å²) in [5.41, 5.74) is -0.311. The molecule has 0 bridgehead atoms. The van der Waals surface area contributed by atoms with Crippen LogP contribution in [0.1, 0.15) is 40.0 Å². The molecule has 1 N–H and O–H groups in total. The van der Waals surface area contributed by atoms with E-state index in [1.54, 1.807) is 0 Å². The minimum atomic E-state index is -0.311. The van der Waals surface area contributed by atoms with Gasteiger partial charge in [-0.15, -0.1) is 0 Å². The Bertz CT molecular complexity index is 67.3. The molecule has 0 radical (unpaired) electrons. The Hall–Kier alpha value is -0.0800. The summed E-state index contributed by atoms with van der Waals surface area (Å²) in [7, 11) is 0. The van der Waals surface area contributed by atoms with E-state index in [1.165, 1.54) is 0 Å². The highest BCUT2D eigenvalue weighted by molar-refractivity contribution is 4.69. The molecule has 0 amide bonds. The predicted molar refractivity (Wildman–Crippen MR) is 37.3 cm³/mol. The fourth-order valence-electron chi connectivity index (χ4n) is 0.816. The Labute approximate surface area is 56.8 Å². The monoisotopic (exact) mass is 132 g/mol. The van der Waals surface area contributed by atoms with Crippen LogP contribution in [0.5, 0.6) is 0 Å². The molecule has 0 saturated carbocycles. The van der Waals surface area contributed by atoms with Gasteiger partial charge < -0.3 is 0 Å². The van der Waals surface area contributed by atoms with Crippen molar-refractivity contribution in [2.24, 2.45) is 0 Å². The average Bonchev–Trinajstić information content (AvgIpc) is 1.89. The topological polar surface area (TPSA) is 29.5 Å². The first-order valence-corrected chi connectivity index (χ1v) is 3.51. The molecule has 0 saturated heterocycles. The summed E-state index contributed by atoms with van der Waals surface area (Å²) in [6.07, 6.45) is 2.82. The Balaban J connectivity index is 3.62. The summed E-state index contributed by atoms with van der Waals surface area (Å²) >= 11 is 0. The summed E-state index contributed by atoms with van der Waals surface area (Å²) in [6.45, 7) is 6.00. The Morgan fingerprint density at radius 2 is 2.00 bits per heavy atom. The minimum Gasteiger partial charge on any atom is -0.251 e. The molecular formula is C7H16O2. The SMILES string of the molecule is CCCC(C)(CC)OO. The molecule has 0 rings (SSSR count). The van der Waals surface area contributed by atoms with Crippen molar-refractivity contribution in [2.45, 2.75) is 45.6 Å². The van der Waals surface area contributed by atoms with Gasteiger partial charge in [0.2, 0.25) is 0 Å². The van der Waals surface area contributed by atoms with E-state index in [2.05, 4.69) is 11.8 Å². The summed E-state index contributed by atoms with van der Waals surface area (Å²) < 4.78 is 0. The highest BCUT2D eigenvalue weighted by atomic mass is 17.1. The molecule has 1 atom stereocenters. The molecule has 2 nitrogen and oxygen atoms in total. The lowest BCUT2D eigenvalue weighted by atomic mass is 9.98. The maximum atomic E-state index is 8.42. The van der Waals surface area contributed by atoms with E-state index in [0.29, 0.717) is 0 Å². The van der Waals surface area contributed by atoms with Crippen LogP contribution in [0.2, 0.25) is 0 Å². The second-order valence-corrected chi connectivity index (χ2v) is 2.64. The van der Waals surface area contributed by atoms with Crippen LogP contribution < -0.4 is 0 Å². The molecule has 9 heavy (non-hydrogen) atoms. The van der Waals surface area contributed by atoms with Crippen LogP contribution in [-0.4, -0.2) is 10.9 Å². The second-order valence-electron chi connectivity index (χ2n) is 2.64. The Kier molecular flexibility index (Phi) is 3.82. The quantitative estimate of drug-likeness (QED) is 0.470. The van der Waals surface area contributed by atoms with Crippen molar-refractivity contribution in [3.8, 4) is 0 Å². The van der Waals surface area contributed by atoms with Crippen molar-refractivity contribution in [1.29, 1.82) is 0 Å². The molecule has 56 valence electrons. The predicted octanol–water partition coefficient (Wildman–Crippen LogP) is 2.44. The van der Waals surface area contributed by atoms with E-state index in [9.17, 15) is 0 Å². The van der Waals surface area contributed by atoms with Gasteiger partial charge in [-0.1, -0.05) is 20.3 Å². The van der Waals surface area contributed by atoms with Crippen molar-refractivity contribution < 1.29 is 10.1 Å². The van der Waals surface area contributed by atoms with Gasteiger partial charge in [-0.2, -0.15) is 0 Å². The second kappa shape index (κ2) is 3.85. The van der Waals surface area contributed by atoms with Crippen LogP contribution >= 0.6 is 0 Å². The third kappa shape index (κ3) is 2.82. The van der Waals surface area contributed by atoms with Gasteiger partial charge in [0.15, 0.2) is 0 Å². The van der Waals surface area contributed by atoms with Gasteiger partial charge in [-0.25, -0.2) is 4.89 Å². The van der Waals surface area contributed by atoms with Gasteiger partial charge >= 0.3 is 0 Å². The normalized spacial score (nSPS) is 17.3. The van der Waals surface area contributed by atoms with Crippen molar-refractivity contribution in [1.82, 2.24) is 0 Å². The van der Waals surface area contributed by atoms with Crippen LogP contribution in [-0.2, 0) is 4.89 Å². The number of hydrogen-bond acceptors (Lipinski definition) is 2. The summed E-state index contributed by atoms with van der Waals surface area (Å²) in [6, 6.07) is 0. The molecule has 0 heterocycles. The Morgan fingerprint density at radius 1 is 1.44 bits per heavy atom. The van der Waals surface area contributed by atoms with Gasteiger partial charge in [0.1, 0.15) is 5.60 Å². The highest BCUT2D eigenvalue weighted by Crippen LogP contribution is 2.19. The van der Waals surface area contributed by atoms with Crippen LogP contribution in [0.4, 0.5) is 0 Å². The van der Waals surface area contributed by atoms with Crippen LogP contribution in [0.25, 0.3) is 0 Å². The standard InChI is InChI=1S/C7H16O2/c1-4-6-7(3,5-2)9-8/h8H,4-6H2,1-3H3. The van der Waals surface area contributed by atoms with Crippen molar-refractivity contribution >= 4 is 0 Å². The lowest BCUT2D eigenvalue weighted by molar-refractivity contribution is -0.320. The maximum Gasteiger partial charge on any atom is 0.100 e. The smallest absolute Gasteiger partial charge is 0.100 e. The third-order valence-corrected chi connectivity index (χ3v) is 1.75. The number of hydrogen-bond donors (Lipinski definition) is 1. The molecule has 0 aliphatic carbocycles. The molecule has 0 aromatic rings. The average molecular weight is 132 g/mol. The molecule has 0 fully saturated rings. The lowest BCUT2D eigenvalue weighted by Gasteiger charge is -2.22. The van der Waals surface area contributed by atoms with Gasteiger partial charge in [0, 0.05) is 0 Å². The summed E-state index contributed by atoms with van der Waals surface area (Å²) in [5, 5.41) is 8.42. The van der Waals surface area contributed by atoms with E-state index in [0.717, 1.165) is 19.3 Å². The first-order chi connectivity index (χ1) is 4.18. The zero-order chi connectivity index (χ0) is 7.33. The first kappa shape index (κ1) is 8.92. The fourth-order valence-corrected chi connectivity index (χ4v) is 0.816. The van der Waals surface area contributed by atoms with Gasteiger partial charge in [0.25, 0.3) is 0 Å². The molecule has 0 aromatic heterocycles. The van der Waals surface area contributed by atoms with Gasteiger partial charge in [0.05, 0.1) is 0 Å². The van der Waals surface area contributed by atoms with Crippen molar-refractivity contribution in [2.75, 3.05) is 0 Å². The Morgan fingerprint density at radius 3 is 2.11 bits per heavy atom. The van der Waals surface area contributed by atoms with E-state index in [4.69, 9.17) is 5.26 Å². The molecule has 1 unspecified atom stereocenters. The van der Waals surface area contributed by atoms with E-state index < -0.39 is 0 Å². The molecule has 0 aliphatic heterocycles. The minimum absolute atomic E-state index is 0.311. The summed E-state index contributed by atoms with van der Waals surface area (Å²) in [4.78, 5) is 4.33. The molecular weight excluding hydrogens is 116 g/mol. The molecule has 0 aromatic carbocycles. The van der Waals surface area contributed by atoms with Crippen LogP contribution in [0, 0.1) is 0 Å². The largest absolute Gasteiger partial charge is 0.251 e. The maximum absolute atomic E-state index is 8.42. The molecule has 0 spiro atoms. The van der Waals surface area contributed by atoms with E-state index in [1.807, 2.05) is 13.8 Å². The van der Waals surface area contributed by atoms with Crippen LogP contribution in [0.3, 0.4) is 0 Å². The zero-order valence-corrected chi connectivity index (χ0v) is 6.48. The van der Waals surface area contributed by atoms with Crippen molar-refractivity contribution in [3.63, 3.8) is 0 Å². The summed E-state index contributed by atoms with van der Waals surface area (Å²) in [5.74, 6) is 0. The fraction of sp³-hybridized carbons (Fsp3) is 1.00. The molecule has 2 heteroatoms. The van der Waals surface area contributed by atoms with E-state index in [-0.39, 0.29) is 5.60 Å². The number of rotatable bonds is 4. The van der Waals surface area contributed by atoms with Crippen molar-refractivity contribution in [3.05, 3.63) is 0 Å². The van der Waals surface area contributed by atoms with Gasteiger partial charge in [-0.05, 0) is 19.8 Å².